The highest BCUT2D eigenvalue weighted by molar-refractivity contribution is 5.68. The van der Waals surface area contributed by atoms with Gasteiger partial charge >= 0.3 is 0 Å². The Bertz CT molecular complexity index is 526. The van der Waals surface area contributed by atoms with Gasteiger partial charge < -0.3 is 10.5 Å². The first-order chi connectivity index (χ1) is 8.26. The SMILES string of the molecule is COc1c(C)cccc1-c1cncc(CN)n1. The summed E-state index contributed by atoms with van der Waals surface area (Å²) < 4.78 is 5.41. The highest BCUT2D eigenvalue weighted by atomic mass is 16.5. The molecule has 0 unspecified atom stereocenters. The van der Waals surface area contributed by atoms with Crippen LogP contribution in [0.25, 0.3) is 11.3 Å². The van der Waals surface area contributed by atoms with E-state index in [1.807, 2.05) is 25.1 Å². The van der Waals surface area contributed by atoms with Gasteiger partial charge in [-0.25, -0.2) is 4.98 Å². The zero-order valence-electron chi connectivity index (χ0n) is 9.97. The summed E-state index contributed by atoms with van der Waals surface area (Å²) in [5, 5.41) is 0. The van der Waals surface area contributed by atoms with Gasteiger partial charge in [0.15, 0.2) is 0 Å². The molecule has 0 aliphatic heterocycles. The predicted octanol–water partition coefficient (Wildman–Crippen LogP) is 1.92. The summed E-state index contributed by atoms with van der Waals surface area (Å²) in [6.07, 6.45) is 3.39. The fourth-order valence-corrected chi connectivity index (χ4v) is 1.76. The molecule has 88 valence electrons. The molecule has 1 aromatic heterocycles. The summed E-state index contributed by atoms with van der Waals surface area (Å²) in [7, 11) is 1.66. The summed E-state index contributed by atoms with van der Waals surface area (Å²) in [6, 6.07) is 5.95. The molecule has 0 spiro atoms. The average Bonchev–Trinajstić information content (AvgIpc) is 2.38. The van der Waals surface area contributed by atoms with Crippen LogP contribution in [0, 0.1) is 6.92 Å². The summed E-state index contributed by atoms with van der Waals surface area (Å²) in [5.74, 6) is 0.830. The van der Waals surface area contributed by atoms with Crippen molar-refractivity contribution >= 4 is 0 Å². The second-order valence-electron chi connectivity index (χ2n) is 3.76. The molecule has 0 saturated heterocycles. The van der Waals surface area contributed by atoms with Gasteiger partial charge in [0.2, 0.25) is 0 Å². The summed E-state index contributed by atoms with van der Waals surface area (Å²) >= 11 is 0. The van der Waals surface area contributed by atoms with Gasteiger partial charge in [0, 0.05) is 18.3 Å². The Morgan fingerprint density at radius 2 is 2.12 bits per heavy atom. The van der Waals surface area contributed by atoms with Crippen LogP contribution in [0.15, 0.2) is 30.6 Å². The normalized spacial score (nSPS) is 10.3. The first kappa shape index (κ1) is 11.5. The molecular formula is C13H15N3O. The third-order valence-corrected chi connectivity index (χ3v) is 2.59. The lowest BCUT2D eigenvalue weighted by molar-refractivity contribution is 0.413. The molecular weight excluding hydrogens is 214 g/mol. The molecule has 4 nitrogen and oxygen atoms in total. The van der Waals surface area contributed by atoms with E-state index in [9.17, 15) is 0 Å². The number of nitrogens with two attached hydrogens (primary N) is 1. The lowest BCUT2D eigenvalue weighted by Gasteiger charge is -2.10. The van der Waals surface area contributed by atoms with Gasteiger partial charge in [-0.05, 0) is 18.6 Å². The fourth-order valence-electron chi connectivity index (χ4n) is 1.76. The molecule has 0 atom stereocenters. The molecule has 17 heavy (non-hydrogen) atoms. The van der Waals surface area contributed by atoms with Crippen molar-refractivity contribution in [3.8, 4) is 17.0 Å². The van der Waals surface area contributed by atoms with Crippen LogP contribution in [-0.4, -0.2) is 17.1 Å². The Morgan fingerprint density at radius 1 is 1.29 bits per heavy atom. The maximum absolute atomic E-state index is 5.56. The van der Waals surface area contributed by atoms with Crippen LogP contribution in [0.2, 0.25) is 0 Å². The number of methoxy groups -OCH3 is 1. The summed E-state index contributed by atoms with van der Waals surface area (Å²) in [6.45, 7) is 2.39. The second kappa shape index (κ2) is 4.93. The minimum atomic E-state index is 0.384. The number of para-hydroxylation sites is 1. The Labute approximate surface area is 100 Å². The zero-order chi connectivity index (χ0) is 12.3. The van der Waals surface area contributed by atoms with Crippen molar-refractivity contribution in [2.45, 2.75) is 13.5 Å². The summed E-state index contributed by atoms with van der Waals surface area (Å²) in [4.78, 5) is 8.58. The molecule has 0 fully saturated rings. The smallest absolute Gasteiger partial charge is 0.131 e. The highest BCUT2D eigenvalue weighted by Crippen LogP contribution is 2.30. The van der Waals surface area contributed by atoms with Crippen LogP contribution in [0.1, 0.15) is 11.3 Å². The summed E-state index contributed by atoms with van der Waals surface area (Å²) in [5.41, 5.74) is 9.13. The Kier molecular flexibility index (Phi) is 3.35. The molecule has 0 saturated carbocycles. The largest absolute Gasteiger partial charge is 0.496 e. The lowest BCUT2D eigenvalue weighted by atomic mass is 10.1. The third kappa shape index (κ3) is 2.26. The van der Waals surface area contributed by atoms with Crippen molar-refractivity contribution < 1.29 is 4.74 Å². The van der Waals surface area contributed by atoms with Gasteiger partial charge in [-0.15, -0.1) is 0 Å². The van der Waals surface area contributed by atoms with E-state index in [1.54, 1.807) is 19.5 Å². The molecule has 0 amide bonds. The molecule has 1 heterocycles. The molecule has 0 aliphatic rings. The Hall–Kier alpha value is -1.94. The average molecular weight is 229 g/mol. The van der Waals surface area contributed by atoms with Gasteiger partial charge in [0.05, 0.1) is 24.7 Å². The fraction of sp³-hybridized carbons (Fsp3) is 0.231. The zero-order valence-corrected chi connectivity index (χ0v) is 9.97. The van der Waals surface area contributed by atoms with E-state index in [2.05, 4.69) is 9.97 Å². The van der Waals surface area contributed by atoms with Crippen LogP contribution in [-0.2, 0) is 6.54 Å². The van der Waals surface area contributed by atoms with Gasteiger partial charge in [-0.1, -0.05) is 12.1 Å². The van der Waals surface area contributed by atoms with E-state index in [0.717, 1.165) is 28.3 Å². The number of aromatic nitrogens is 2. The van der Waals surface area contributed by atoms with Gasteiger partial charge in [-0.2, -0.15) is 0 Å². The van der Waals surface area contributed by atoms with Crippen LogP contribution < -0.4 is 10.5 Å². The molecule has 0 aliphatic carbocycles. The van der Waals surface area contributed by atoms with E-state index < -0.39 is 0 Å². The number of ether oxygens (including phenoxy) is 1. The van der Waals surface area contributed by atoms with Crippen LogP contribution in [0.4, 0.5) is 0 Å². The van der Waals surface area contributed by atoms with Crippen molar-refractivity contribution in [2.75, 3.05) is 7.11 Å². The van der Waals surface area contributed by atoms with Crippen molar-refractivity contribution in [1.82, 2.24) is 9.97 Å². The van der Waals surface area contributed by atoms with Crippen molar-refractivity contribution in [3.05, 3.63) is 41.9 Å². The van der Waals surface area contributed by atoms with E-state index in [0.29, 0.717) is 6.54 Å². The molecule has 4 heteroatoms. The first-order valence-electron chi connectivity index (χ1n) is 5.41. The third-order valence-electron chi connectivity index (χ3n) is 2.59. The molecule has 0 radical (unpaired) electrons. The molecule has 2 aromatic rings. The van der Waals surface area contributed by atoms with Crippen LogP contribution in [0.3, 0.4) is 0 Å². The Balaban J connectivity index is 2.55. The van der Waals surface area contributed by atoms with E-state index in [1.165, 1.54) is 0 Å². The predicted molar refractivity (Wildman–Crippen MR) is 66.6 cm³/mol. The number of aryl methyl sites for hydroxylation is 1. The number of hydrogen-bond donors (Lipinski definition) is 1. The van der Waals surface area contributed by atoms with Crippen molar-refractivity contribution in [3.63, 3.8) is 0 Å². The van der Waals surface area contributed by atoms with Crippen LogP contribution >= 0.6 is 0 Å². The quantitative estimate of drug-likeness (QED) is 0.873. The topological polar surface area (TPSA) is 61.0 Å². The maximum atomic E-state index is 5.56. The van der Waals surface area contributed by atoms with E-state index in [-0.39, 0.29) is 0 Å². The minimum absolute atomic E-state index is 0.384. The van der Waals surface area contributed by atoms with E-state index in [4.69, 9.17) is 10.5 Å². The van der Waals surface area contributed by atoms with Crippen LogP contribution in [0.5, 0.6) is 5.75 Å². The van der Waals surface area contributed by atoms with Gasteiger partial charge in [-0.3, -0.25) is 4.98 Å². The van der Waals surface area contributed by atoms with E-state index >= 15 is 0 Å². The minimum Gasteiger partial charge on any atom is -0.496 e. The van der Waals surface area contributed by atoms with Gasteiger partial charge in [0.1, 0.15) is 5.75 Å². The standard InChI is InChI=1S/C13H15N3O/c1-9-4-3-5-11(13(9)17-2)12-8-15-7-10(6-14)16-12/h3-5,7-8H,6,14H2,1-2H3. The maximum Gasteiger partial charge on any atom is 0.131 e. The Morgan fingerprint density at radius 3 is 2.82 bits per heavy atom. The number of hydrogen-bond acceptors (Lipinski definition) is 4. The van der Waals surface area contributed by atoms with Crippen molar-refractivity contribution in [1.29, 1.82) is 0 Å². The van der Waals surface area contributed by atoms with Crippen molar-refractivity contribution in [2.24, 2.45) is 5.73 Å². The lowest BCUT2D eigenvalue weighted by Crippen LogP contribution is -2.02. The number of nitrogens with zero attached hydrogens (tertiary/aromatic N) is 2. The monoisotopic (exact) mass is 229 g/mol. The number of benzene rings is 1. The molecule has 2 N–H and O–H groups in total. The molecule has 2 rings (SSSR count). The molecule has 0 bridgehead atoms. The van der Waals surface area contributed by atoms with Gasteiger partial charge in [0.25, 0.3) is 0 Å². The number of rotatable bonds is 3. The second-order valence-corrected chi connectivity index (χ2v) is 3.76. The first-order valence-corrected chi connectivity index (χ1v) is 5.41. The highest BCUT2D eigenvalue weighted by Gasteiger charge is 2.09. The molecule has 1 aromatic carbocycles.